The Hall–Kier alpha value is -1.54. The summed E-state index contributed by atoms with van der Waals surface area (Å²) in [7, 11) is 0. The Kier molecular flexibility index (Phi) is 6.53. The monoisotopic (exact) mass is 287 g/mol. The van der Waals surface area contributed by atoms with Crippen molar-refractivity contribution in [2.75, 3.05) is 0 Å². The van der Waals surface area contributed by atoms with Gasteiger partial charge in [0.15, 0.2) is 0 Å². The molecule has 0 amide bonds. The molecule has 2 heterocycles. The van der Waals surface area contributed by atoms with Gasteiger partial charge in [-0.2, -0.15) is 0 Å². The summed E-state index contributed by atoms with van der Waals surface area (Å²) in [5.74, 6) is 0. The second-order valence-electron chi connectivity index (χ2n) is 4.26. The molecule has 0 aliphatic heterocycles. The Morgan fingerprint density at radius 1 is 0.850 bits per heavy atom. The van der Waals surface area contributed by atoms with Crippen molar-refractivity contribution in [2.24, 2.45) is 0 Å². The first-order chi connectivity index (χ1) is 9.72. The molecule has 1 N–H and O–H groups in total. The van der Waals surface area contributed by atoms with E-state index in [0.29, 0.717) is 0 Å². The molecular formula is C18H25NS. The third-order valence-corrected chi connectivity index (χ3v) is 3.85. The van der Waals surface area contributed by atoms with Crippen molar-refractivity contribution in [3.8, 4) is 10.6 Å². The maximum atomic E-state index is 3.46. The number of benzene rings is 1. The van der Waals surface area contributed by atoms with Crippen LogP contribution < -0.4 is 0 Å². The standard InChI is InChI=1S/C14H13NS.2C2H6/c1-9-3-4-12-11(5-9)7-13(15-12)14-6-10(2)8-16-14;2*1-2/h3-8,15H,1-2H3;2*1-2H3. The summed E-state index contributed by atoms with van der Waals surface area (Å²) in [5, 5.41) is 3.48. The van der Waals surface area contributed by atoms with E-state index in [2.05, 4.69) is 54.5 Å². The van der Waals surface area contributed by atoms with Gasteiger partial charge in [-0.05, 0) is 49.1 Å². The molecule has 3 aromatic rings. The molecule has 0 fully saturated rings. The van der Waals surface area contributed by atoms with E-state index in [1.54, 1.807) is 11.3 Å². The van der Waals surface area contributed by atoms with Crippen LogP contribution in [0.15, 0.2) is 35.7 Å². The van der Waals surface area contributed by atoms with E-state index in [0.717, 1.165) is 0 Å². The SMILES string of the molecule is CC.CC.Cc1csc(-c2cc3cc(C)ccc3[nH]2)c1. The van der Waals surface area contributed by atoms with Gasteiger partial charge in [-0.3, -0.25) is 0 Å². The average molecular weight is 287 g/mol. The zero-order valence-electron chi connectivity index (χ0n) is 13.4. The molecule has 0 unspecified atom stereocenters. The van der Waals surface area contributed by atoms with Gasteiger partial charge in [0.1, 0.15) is 0 Å². The summed E-state index contributed by atoms with van der Waals surface area (Å²) >= 11 is 1.79. The van der Waals surface area contributed by atoms with E-state index < -0.39 is 0 Å². The van der Waals surface area contributed by atoms with Crippen LogP contribution in [-0.4, -0.2) is 4.98 Å². The van der Waals surface area contributed by atoms with E-state index in [1.165, 1.54) is 32.6 Å². The second-order valence-corrected chi connectivity index (χ2v) is 5.17. The highest BCUT2D eigenvalue weighted by atomic mass is 32.1. The quantitative estimate of drug-likeness (QED) is 0.521. The predicted molar refractivity (Wildman–Crippen MR) is 93.8 cm³/mol. The first-order valence-corrected chi connectivity index (χ1v) is 8.25. The maximum Gasteiger partial charge on any atom is 0.0566 e. The molecule has 108 valence electrons. The first-order valence-electron chi connectivity index (χ1n) is 7.37. The van der Waals surface area contributed by atoms with Gasteiger partial charge in [0.25, 0.3) is 0 Å². The van der Waals surface area contributed by atoms with Crippen LogP contribution in [0, 0.1) is 13.8 Å². The molecule has 2 heteroatoms. The molecule has 20 heavy (non-hydrogen) atoms. The molecule has 0 spiro atoms. The number of fused-ring (bicyclic) bond motifs is 1. The molecule has 0 atom stereocenters. The third-order valence-electron chi connectivity index (χ3n) is 2.77. The van der Waals surface area contributed by atoms with E-state index in [1.807, 2.05) is 27.7 Å². The Labute approximate surface area is 126 Å². The van der Waals surface area contributed by atoms with Crippen molar-refractivity contribution in [1.29, 1.82) is 0 Å². The molecule has 2 aromatic heterocycles. The number of hydrogen-bond donors (Lipinski definition) is 1. The lowest BCUT2D eigenvalue weighted by Crippen LogP contribution is -1.71. The smallest absolute Gasteiger partial charge is 0.0566 e. The number of aryl methyl sites for hydroxylation is 2. The topological polar surface area (TPSA) is 15.8 Å². The van der Waals surface area contributed by atoms with Gasteiger partial charge in [-0.1, -0.05) is 39.3 Å². The van der Waals surface area contributed by atoms with Crippen LogP contribution in [0.25, 0.3) is 21.5 Å². The Morgan fingerprint density at radius 3 is 2.15 bits per heavy atom. The van der Waals surface area contributed by atoms with Gasteiger partial charge in [-0.15, -0.1) is 11.3 Å². The maximum absolute atomic E-state index is 3.46. The Bertz CT molecular complexity index is 646. The highest BCUT2D eigenvalue weighted by molar-refractivity contribution is 7.13. The number of hydrogen-bond acceptors (Lipinski definition) is 1. The average Bonchev–Trinajstić information content (AvgIpc) is 3.08. The fourth-order valence-electron chi connectivity index (χ4n) is 1.96. The molecule has 0 bridgehead atoms. The van der Waals surface area contributed by atoms with Gasteiger partial charge in [0.05, 0.1) is 10.6 Å². The molecule has 0 radical (unpaired) electrons. The molecule has 3 rings (SSSR count). The summed E-state index contributed by atoms with van der Waals surface area (Å²) < 4.78 is 0. The van der Waals surface area contributed by atoms with Gasteiger partial charge < -0.3 is 4.98 Å². The number of rotatable bonds is 1. The lowest BCUT2D eigenvalue weighted by Gasteiger charge is -1.90. The molecular weight excluding hydrogens is 262 g/mol. The summed E-state index contributed by atoms with van der Waals surface area (Å²) in [6, 6.07) is 11.0. The largest absolute Gasteiger partial charge is 0.354 e. The van der Waals surface area contributed by atoms with Gasteiger partial charge in [0, 0.05) is 10.9 Å². The fraction of sp³-hybridized carbons (Fsp3) is 0.333. The minimum absolute atomic E-state index is 1.21. The normalized spacial score (nSPS) is 9.50. The lowest BCUT2D eigenvalue weighted by atomic mass is 10.2. The Morgan fingerprint density at radius 2 is 1.55 bits per heavy atom. The number of aromatic nitrogens is 1. The van der Waals surface area contributed by atoms with Crippen LogP contribution in [0.4, 0.5) is 0 Å². The third kappa shape index (κ3) is 3.73. The van der Waals surface area contributed by atoms with E-state index in [-0.39, 0.29) is 0 Å². The van der Waals surface area contributed by atoms with E-state index in [4.69, 9.17) is 0 Å². The summed E-state index contributed by atoms with van der Waals surface area (Å²) in [5.41, 5.74) is 5.07. The molecule has 0 saturated carbocycles. The molecule has 0 saturated heterocycles. The summed E-state index contributed by atoms with van der Waals surface area (Å²) in [6.45, 7) is 12.3. The van der Waals surface area contributed by atoms with Crippen molar-refractivity contribution in [2.45, 2.75) is 41.5 Å². The van der Waals surface area contributed by atoms with Crippen molar-refractivity contribution in [3.05, 3.63) is 46.8 Å². The van der Waals surface area contributed by atoms with Gasteiger partial charge >= 0.3 is 0 Å². The summed E-state index contributed by atoms with van der Waals surface area (Å²) in [6.07, 6.45) is 0. The van der Waals surface area contributed by atoms with Crippen LogP contribution in [0.2, 0.25) is 0 Å². The molecule has 0 aliphatic rings. The Balaban J connectivity index is 0.000000461. The number of thiophene rings is 1. The zero-order chi connectivity index (χ0) is 15.1. The fourth-order valence-corrected chi connectivity index (χ4v) is 2.83. The zero-order valence-corrected chi connectivity index (χ0v) is 14.2. The molecule has 1 nitrogen and oxygen atoms in total. The van der Waals surface area contributed by atoms with Crippen molar-refractivity contribution in [3.63, 3.8) is 0 Å². The lowest BCUT2D eigenvalue weighted by molar-refractivity contribution is 1.45. The summed E-state index contributed by atoms with van der Waals surface area (Å²) in [4.78, 5) is 4.77. The second kappa shape index (κ2) is 7.91. The predicted octanol–water partition coefficient (Wildman–Crippen LogP) is 6.57. The minimum Gasteiger partial charge on any atom is -0.354 e. The van der Waals surface area contributed by atoms with Gasteiger partial charge in [0.2, 0.25) is 0 Å². The van der Waals surface area contributed by atoms with Crippen LogP contribution in [0.1, 0.15) is 38.8 Å². The van der Waals surface area contributed by atoms with Crippen molar-refractivity contribution in [1.82, 2.24) is 4.98 Å². The number of H-pyrrole nitrogens is 1. The van der Waals surface area contributed by atoms with Gasteiger partial charge in [-0.25, -0.2) is 0 Å². The van der Waals surface area contributed by atoms with E-state index >= 15 is 0 Å². The van der Waals surface area contributed by atoms with Crippen LogP contribution >= 0.6 is 11.3 Å². The minimum atomic E-state index is 1.21. The first kappa shape index (κ1) is 16.5. The van der Waals surface area contributed by atoms with Crippen molar-refractivity contribution < 1.29 is 0 Å². The highest BCUT2D eigenvalue weighted by Crippen LogP contribution is 2.29. The van der Waals surface area contributed by atoms with Crippen molar-refractivity contribution >= 4 is 22.2 Å². The molecule has 0 aliphatic carbocycles. The number of aromatic amines is 1. The molecule has 1 aromatic carbocycles. The number of nitrogens with one attached hydrogen (secondary N) is 1. The van der Waals surface area contributed by atoms with Crippen LogP contribution in [0.3, 0.4) is 0 Å². The van der Waals surface area contributed by atoms with E-state index in [9.17, 15) is 0 Å². The van der Waals surface area contributed by atoms with Crippen LogP contribution in [-0.2, 0) is 0 Å². The van der Waals surface area contributed by atoms with Crippen LogP contribution in [0.5, 0.6) is 0 Å². The highest BCUT2D eigenvalue weighted by Gasteiger charge is 2.04.